The molecule has 1 spiro atoms. The van der Waals surface area contributed by atoms with Gasteiger partial charge in [-0.2, -0.15) is 0 Å². The summed E-state index contributed by atoms with van der Waals surface area (Å²) in [4.78, 5) is 19.1. The maximum absolute atomic E-state index is 13.7. The summed E-state index contributed by atoms with van der Waals surface area (Å²) in [5.41, 5.74) is 1.22. The van der Waals surface area contributed by atoms with Crippen molar-refractivity contribution in [3.63, 3.8) is 0 Å². The van der Waals surface area contributed by atoms with Crippen LogP contribution in [-0.2, 0) is 16.6 Å². The van der Waals surface area contributed by atoms with Crippen LogP contribution in [0.3, 0.4) is 0 Å². The van der Waals surface area contributed by atoms with E-state index >= 15 is 0 Å². The van der Waals surface area contributed by atoms with Gasteiger partial charge in [0.25, 0.3) is 0 Å². The second kappa shape index (κ2) is 8.44. The van der Waals surface area contributed by atoms with E-state index in [1.54, 1.807) is 17.4 Å². The van der Waals surface area contributed by atoms with Gasteiger partial charge in [-0.1, -0.05) is 26.0 Å². The molecule has 5 nitrogen and oxygen atoms in total. The Morgan fingerprint density at radius 2 is 2.23 bits per heavy atom. The van der Waals surface area contributed by atoms with Crippen LogP contribution >= 0.6 is 27.3 Å². The summed E-state index contributed by atoms with van der Waals surface area (Å²) in [6, 6.07) is 8.38. The van der Waals surface area contributed by atoms with Gasteiger partial charge in [0.2, 0.25) is 5.91 Å². The molecule has 0 radical (unpaired) electrons. The van der Waals surface area contributed by atoms with Crippen molar-refractivity contribution in [3.05, 3.63) is 56.2 Å². The van der Waals surface area contributed by atoms with Gasteiger partial charge in [-0.15, -0.1) is 11.3 Å². The lowest BCUT2D eigenvalue weighted by Gasteiger charge is -2.64. The molecule has 6 rings (SSSR count). The molecule has 1 saturated carbocycles. The van der Waals surface area contributed by atoms with E-state index in [1.807, 2.05) is 22.4 Å². The number of nitrogens with zero attached hydrogens (tertiary/aromatic N) is 2. The summed E-state index contributed by atoms with van der Waals surface area (Å²) in [7, 11) is 2.14. The van der Waals surface area contributed by atoms with Crippen LogP contribution in [0.2, 0.25) is 0 Å². The molecule has 2 aliphatic carbocycles. The summed E-state index contributed by atoms with van der Waals surface area (Å²) in [5, 5.41) is 14.4. The number of amides is 1. The fourth-order valence-corrected chi connectivity index (χ4v) is 8.80. The number of piperidine rings is 1. The van der Waals surface area contributed by atoms with Crippen LogP contribution in [0, 0.1) is 5.92 Å². The Labute approximate surface area is 219 Å². The van der Waals surface area contributed by atoms with Crippen LogP contribution in [0.4, 0.5) is 0 Å². The normalized spacial score (nSPS) is 33.1. The minimum absolute atomic E-state index is 0.0233. The van der Waals surface area contributed by atoms with E-state index in [-0.39, 0.29) is 24.1 Å². The lowest BCUT2D eigenvalue weighted by Crippen LogP contribution is -2.78. The molecule has 1 aromatic carbocycles. The molecule has 1 saturated heterocycles. The molecule has 3 heterocycles. The van der Waals surface area contributed by atoms with Crippen molar-refractivity contribution in [3.8, 4) is 5.75 Å². The molecule has 2 aliphatic heterocycles. The van der Waals surface area contributed by atoms with Gasteiger partial charge < -0.3 is 19.6 Å². The fraction of sp³-hybridized carbons (Fsp3) is 0.536. The third kappa shape index (κ3) is 3.41. The van der Waals surface area contributed by atoms with Gasteiger partial charge in [0, 0.05) is 39.0 Å². The zero-order valence-corrected chi connectivity index (χ0v) is 22.9. The number of rotatable bonds is 5. The fourth-order valence-electron chi connectivity index (χ4n) is 7.46. The molecule has 2 aromatic rings. The van der Waals surface area contributed by atoms with E-state index in [1.165, 1.54) is 11.1 Å². The first-order valence-electron chi connectivity index (χ1n) is 12.7. The molecule has 4 aliphatic rings. The van der Waals surface area contributed by atoms with E-state index in [9.17, 15) is 9.90 Å². The SMILES string of the molecule is CC(C)CN(C(=O)/C=C/c1cc(Br)cs1)[C@@H]1CC[C@@]2(O)[C@H]3Cc4cccc5c4[C@@]2(CCN3C)[C@H]1O5. The average Bonchev–Trinajstić information content (AvgIpc) is 3.39. The Bertz CT molecular complexity index is 1190. The molecule has 2 fully saturated rings. The van der Waals surface area contributed by atoms with E-state index in [4.69, 9.17) is 4.74 Å². The largest absolute Gasteiger partial charge is 0.487 e. The van der Waals surface area contributed by atoms with Crippen molar-refractivity contribution in [2.75, 3.05) is 20.1 Å². The Balaban J connectivity index is 1.41. The standard InChI is InChI=1S/C28H33BrN2O3S/c1-17(2)15-31(24(32)8-7-20-14-19(29)16-35-20)21-9-10-28(33)23-13-18-5-4-6-22-25(18)27(28,26(21)34-22)11-12-30(23)3/h4-8,14,16-17,21,23,26,33H,9-13,15H2,1-3H3/b8-7+/t21-,23-,26+,27+,28-/m1/s1. The number of carbonyl (C=O) groups is 1. The van der Waals surface area contributed by atoms with Crippen LogP contribution < -0.4 is 4.74 Å². The van der Waals surface area contributed by atoms with Crippen LogP contribution in [0.5, 0.6) is 5.75 Å². The highest BCUT2D eigenvalue weighted by atomic mass is 79.9. The zero-order valence-electron chi connectivity index (χ0n) is 20.5. The summed E-state index contributed by atoms with van der Waals surface area (Å²) >= 11 is 5.11. The van der Waals surface area contributed by atoms with Crippen LogP contribution in [0.1, 0.15) is 49.1 Å². The molecule has 1 aromatic heterocycles. The molecule has 7 heteroatoms. The van der Waals surface area contributed by atoms with Gasteiger partial charge in [0.05, 0.1) is 17.1 Å². The first-order valence-corrected chi connectivity index (χ1v) is 14.4. The summed E-state index contributed by atoms with van der Waals surface area (Å²) in [5.74, 6) is 1.27. The van der Waals surface area contributed by atoms with E-state index in [0.717, 1.165) is 40.9 Å². The van der Waals surface area contributed by atoms with Crippen molar-refractivity contribution in [1.82, 2.24) is 9.80 Å². The Morgan fingerprint density at radius 1 is 1.40 bits per heavy atom. The molecule has 186 valence electrons. The van der Waals surface area contributed by atoms with E-state index in [2.05, 4.69) is 59.9 Å². The topological polar surface area (TPSA) is 53.0 Å². The number of likely N-dealkylation sites (N-methyl/N-ethyl adjacent to an activating group) is 1. The first-order chi connectivity index (χ1) is 16.7. The first kappa shape index (κ1) is 23.7. The van der Waals surface area contributed by atoms with Crippen molar-refractivity contribution in [2.45, 2.75) is 68.7 Å². The molecule has 1 N–H and O–H groups in total. The zero-order chi connectivity index (χ0) is 24.5. The highest BCUT2D eigenvalue weighted by Crippen LogP contribution is 2.64. The quantitative estimate of drug-likeness (QED) is 0.534. The number of ether oxygens (including phenoxy) is 1. The van der Waals surface area contributed by atoms with Gasteiger partial charge in [-0.05, 0) is 84.9 Å². The lowest BCUT2D eigenvalue weighted by molar-refractivity contribution is -0.197. The molecule has 35 heavy (non-hydrogen) atoms. The Hall–Kier alpha value is -1.67. The van der Waals surface area contributed by atoms with Crippen molar-refractivity contribution >= 4 is 39.2 Å². The van der Waals surface area contributed by atoms with E-state index in [0.29, 0.717) is 18.9 Å². The number of hydrogen-bond donors (Lipinski definition) is 1. The van der Waals surface area contributed by atoms with Gasteiger partial charge in [-0.3, -0.25) is 4.79 Å². The minimum Gasteiger partial charge on any atom is -0.487 e. The Kier molecular flexibility index (Phi) is 5.72. The average molecular weight is 558 g/mol. The van der Waals surface area contributed by atoms with E-state index < -0.39 is 11.0 Å². The predicted octanol–water partition coefficient (Wildman–Crippen LogP) is 4.86. The van der Waals surface area contributed by atoms with Gasteiger partial charge in [0.1, 0.15) is 11.9 Å². The minimum atomic E-state index is -0.841. The second-order valence-electron chi connectivity index (χ2n) is 11.2. The smallest absolute Gasteiger partial charge is 0.246 e. The molecular weight excluding hydrogens is 524 g/mol. The number of benzene rings is 1. The van der Waals surface area contributed by atoms with Crippen molar-refractivity contribution < 1.29 is 14.6 Å². The third-order valence-corrected chi connectivity index (χ3v) is 10.5. The highest BCUT2D eigenvalue weighted by molar-refractivity contribution is 9.10. The number of halogens is 1. The lowest BCUT2D eigenvalue weighted by atomic mass is 9.48. The molecule has 0 unspecified atom stereocenters. The number of likely N-dealkylation sites (tertiary alicyclic amines) is 1. The predicted molar refractivity (Wildman–Crippen MR) is 143 cm³/mol. The number of aliphatic hydroxyl groups is 1. The highest BCUT2D eigenvalue weighted by Gasteiger charge is 2.72. The van der Waals surface area contributed by atoms with Crippen LogP contribution in [0.15, 0.2) is 40.2 Å². The maximum atomic E-state index is 13.7. The van der Waals surface area contributed by atoms with Gasteiger partial charge in [0.15, 0.2) is 0 Å². The third-order valence-electron chi connectivity index (χ3n) is 8.82. The van der Waals surface area contributed by atoms with Gasteiger partial charge >= 0.3 is 0 Å². The van der Waals surface area contributed by atoms with Gasteiger partial charge in [-0.25, -0.2) is 0 Å². The monoisotopic (exact) mass is 556 g/mol. The number of hydrogen-bond acceptors (Lipinski definition) is 5. The molecule has 5 atom stereocenters. The van der Waals surface area contributed by atoms with Crippen LogP contribution in [-0.4, -0.2) is 64.7 Å². The summed E-state index contributed by atoms with van der Waals surface area (Å²) in [6.07, 6.45) is 6.52. The molecule has 1 amide bonds. The second-order valence-corrected chi connectivity index (χ2v) is 13.0. The number of thiophene rings is 1. The summed E-state index contributed by atoms with van der Waals surface area (Å²) in [6.45, 7) is 5.92. The van der Waals surface area contributed by atoms with Crippen LogP contribution in [0.25, 0.3) is 6.08 Å². The number of carbonyl (C=O) groups excluding carboxylic acids is 1. The molecule has 2 bridgehead atoms. The van der Waals surface area contributed by atoms with Crippen molar-refractivity contribution in [2.24, 2.45) is 5.92 Å². The summed E-state index contributed by atoms with van der Waals surface area (Å²) < 4.78 is 7.80. The van der Waals surface area contributed by atoms with Crippen molar-refractivity contribution in [1.29, 1.82) is 0 Å². The molecular formula is C28H33BrN2O3S. The maximum Gasteiger partial charge on any atom is 0.246 e. The Morgan fingerprint density at radius 3 is 2.97 bits per heavy atom.